The van der Waals surface area contributed by atoms with E-state index in [9.17, 15) is 4.39 Å². The molecule has 1 aliphatic rings. The van der Waals surface area contributed by atoms with Crippen LogP contribution in [0.5, 0.6) is 0 Å². The number of hydrogen-bond acceptors (Lipinski definition) is 2. The molecule has 0 heterocycles. The molecule has 17 heavy (non-hydrogen) atoms. The highest BCUT2D eigenvalue weighted by atomic mass is 79.9. The molecular formula is C13H16BrFN2. The Labute approximate surface area is 109 Å². The Morgan fingerprint density at radius 3 is 2.71 bits per heavy atom. The van der Waals surface area contributed by atoms with Gasteiger partial charge in [-0.1, -0.05) is 34.1 Å². The van der Waals surface area contributed by atoms with Gasteiger partial charge in [0.25, 0.3) is 0 Å². The fourth-order valence-corrected chi connectivity index (χ4v) is 2.73. The lowest BCUT2D eigenvalue weighted by molar-refractivity contribution is 0.452. The number of rotatable bonds is 4. The van der Waals surface area contributed by atoms with E-state index in [-0.39, 0.29) is 11.9 Å². The van der Waals surface area contributed by atoms with Gasteiger partial charge in [-0.25, -0.2) is 4.39 Å². The lowest BCUT2D eigenvalue weighted by Crippen LogP contribution is -2.35. The summed E-state index contributed by atoms with van der Waals surface area (Å²) < 4.78 is 13.8. The van der Waals surface area contributed by atoms with Crippen LogP contribution in [0.25, 0.3) is 0 Å². The molecule has 0 aromatic heterocycles. The van der Waals surface area contributed by atoms with Crippen molar-refractivity contribution in [1.29, 1.82) is 0 Å². The summed E-state index contributed by atoms with van der Waals surface area (Å²) in [6.45, 7) is 0.501. The summed E-state index contributed by atoms with van der Waals surface area (Å²) in [6.07, 6.45) is 6.42. The highest BCUT2D eigenvalue weighted by Gasteiger charge is 2.18. The van der Waals surface area contributed by atoms with Gasteiger partial charge in [0.15, 0.2) is 0 Å². The number of halogens is 2. The van der Waals surface area contributed by atoms with Crippen LogP contribution >= 0.6 is 15.9 Å². The van der Waals surface area contributed by atoms with Crippen molar-refractivity contribution in [3.8, 4) is 0 Å². The van der Waals surface area contributed by atoms with Gasteiger partial charge in [0.1, 0.15) is 5.82 Å². The lowest BCUT2D eigenvalue weighted by atomic mass is 10.1. The third kappa shape index (κ3) is 3.15. The molecule has 0 amide bonds. The molecule has 0 saturated carbocycles. The molecule has 2 rings (SSSR count). The molecule has 0 bridgehead atoms. The summed E-state index contributed by atoms with van der Waals surface area (Å²) >= 11 is 3.39. The molecule has 0 spiro atoms. The van der Waals surface area contributed by atoms with Crippen molar-refractivity contribution in [3.05, 3.63) is 46.2 Å². The average Bonchev–Trinajstić information content (AvgIpc) is 2.79. The van der Waals surface area contributed by atoms with Gasteiger partial charge in [0, 0.05) is 23.1 Å². The van der Waals surface area contributed by atoms with Crippen molar-refractivity contribution in [2.75, 3.05) is 6.54 Å². The van der Waals surface area contributed by atoms with Crippen molar-refractivity contribution in [3.63, 3.8) is 0 Å². The Kier molecular flexibility index (Phi) is 4.31. The molecule has 3 N–H and O–H groups in total. The quantitative estimate of drug-likeness (QED) is 0.839. The molecule has 1 atom stereocenters. The van der Waals surface area contributed by atoms with E-state index >= 15 is 0 Å². The zero-order valence-electron chi connectivity index (χ0n) is 9.50. The molecule has 1 unspecified atom stereocenters. The Balaban J connectivity index is 2.11. The predicted molar refractivity (Wildman–Crippen MR) is 71.2 cm³/mol. The van der Waals surface area contributed by atoms with Crippen molar-refractivity contribution in [1.82, 2.24) is 5.32 Å². The SMILES string of the molecule is NCC(NC1CC=CC1)c1ccc(F)cc1Br. The fourth-order valence-electron chi connectivity index (χ4n) is 2.11. The second-order valence-corrected chi connectivity index (χ2v) is 5.11. The van der Waals surface area contributed by atoms with Crippen molar-refractivity contribution >= 4 is 15.9 Å². The van der Waals surface area contributed by atoms with Gasteiger partial charge in [-0.05, 0) is 30.5 Å². The molecule has 0 aliphatic heterocycles. The number of nitrogens with one attached hydrogen (secondary N) is 1. The molecule has 1 aromatic rings. The first-order chi connectivity index (χ1) is 8.20. The fraction of sp³-hybridized carbons (Fsp3) is 0.385. The van der Waals surface area contributed by atoms with Crippen LogP contribution in [-0.2, 0) is 0 Å². The monoisotopic (exact) mass is 298 g/mol. The number of nitrogens with two attached hydrogens (primary N) is 1. The molecule has 0 saturated heterocycles. The molecule has 1 aromatic carbocycles. The molecule has 1 aliphatic carbocycles. The molecule has 4 heteroatoms. The molecular weight excluding hydrogens is 283 g/mol. The normalized spacial score (nSPS) is 17.6. The topological polar surface area (TPSA) is 38.0 Å². The van der Waals surface area contributed by atoms with Crippen LogP contribution in [-0.4, -0.2) is 12.6 Å². The first-order valence-corrected chi connectivity index (χ1v) is 6.56. The van der Waals surface area contributed by atoms with Gasteiger partial charge in [-0.3, -0.25) is 0 Å². The maximum absolute atomic E-state index is 13.0. The van der Waals surface area contributed by atoms with Crippen LogP contribution in [0, 0.1) is 5.82 Å². The third-order valence-electron chi connectivity index (χ3n) is 3.02. The second kappa shape index (κ2) is 5.76. The highest BCUT2D eigenvalue weighted by Crippen LogP contribution is 2.25. The Bertz CT molecular complexity index is 412. The van der Waals surface area contributed by atoms with Gasteiger partial charge >= 0.3 is 0 Å². The van der Waals surface area contributed by atoms with E-state index in [0.29, 0.717) is 12.6 Å². The molecule has 0 radical (unpaired) electrons. The summed E-state index contributed by atoms with van der Waals surface area (Å²) in [4.78, 5) is 0. The van der Waals surface area contributed by atoms with E-state index in [0.717, 1.165) is 22.9 Å². The van der Waals surface area contributed by atoms with Crippen LogP contribution < -0.4 is 11.1 Å². The summed E-state index contributed by atoms with van der Waals surface area (Å²) in [5.74, 6) is -0.237. The standard InChI is InChI=1S/C13H16BrFN2/c14-12-7-9(15)5-6-11(12)13(8-16)17-10-3-1-2-4-10/h1-2,5-7,10,13,17H,3-4,8,16H2. The molecule has 2 nitrogen and oxygen atoms in total. The summed E-state index contributed by atoms with van der Waals surface area (Å²) in [5.41, 5.74) is 6.81. The minimum absolute atomic E-state index is 0.0647. The second-order valence-electron chi connectivity index (χ2n) is 4.26. The van der Waals surface area contributed by atoms with Crippen molar-refractivity contribution < 1.29 is 4.39 Å². The van der Waals surface area contributed by atoms with Gasteiger partial charge < -0.3 is 11.1 Å². The number of benzene rings is 1. The smallest absolute Gasteiger partial charge is 0.124 e. The van der Waals surface area contributed by atoms with Gasteiger partial charge in [0.2, 0.25) is 0 Å². The van der Waals surface area contributed by atoms with Crippen molar-refractivity contribution in [2.45, 2.75) is 24.9 Å². The first-order valence-electron chi connectivity index (χ1n) is 5.76. The van der Waals surface area contributed by atoms with Gasteiger partial charge in [-0.2, -0.15) is 0 Å². The third-order valence-corrected chi connectivity index (χ3v) is 3.71. The van der Waals surface area contributed by atoms with Crippen LogP contribution in [0.15, 0.2) is 34.8 Å². The minimum Gasteiger partial charge on any atom is -0.329 e. The van der Waals surface area contributed by atoms with Crippen molar-refractivity contribution in [2.24, 2.45) is 5.73 Å². The summed E-state index contributed by atoms with van der Waals surface area (Å²) in [5, 5.41) is 3.50. The van der Waals surface area contributed by atoms with Gasteiger partial charge in [0.05, 0.1) is 0 Å². The summed E-state index contributed by atoms with van der Waals surface area (Å²) in [7, 11) is 0. The molecule has 92 valence electrons. The predicted octanol–water partition coefficient (Wildman–Crippen LogP) is 2.90. The largest absolute Gasteiger partial charge is 0.329 e. The highest BCUT2D eigenvalue weighted by molar-refractivity contribution is 9.10. The summed E-state index contributed by atoms with van der Waals surface area (Å²) in [6, 6.07) is 5.24. The maximum Gasteiger partial charge on any atom is 0.124 e. The lowest BCUT2D eigenvalue weighted by Gasteiger charge is -2.23. The minimum atomic E-state index is -0.237. The van der Waals surface area contributed by atoms with E-state index in [1.165, 1.54) is 12.1 Å². The van der Waals surface area contributed by atoms with E-state index in [1.54, 1.807) is 6.07 Å². The zero-order chi connectivity index (χ0) is 12.3. The van der Waals surface area contributed by atoms with Crippen LogP contribution in [0.2, 0.25) is 0 Å². The van der Waals surface area contributed by atoms with Crippen LogP contribution in [0.3, 0.4) is 0 Å². The van der Waals surface area contributed by atoms with E-state index in [1.807, 2.05) is 0 Å². The Morgan fingerprint density at radius 2 is 2.12 bits per heavy atom. The Morgan fingerprint density at radius 1 is 1.41 bits per heavy atom. The van der Waals surface area contributed by atoms with Crippen LogP contribution in [0.1, 0.15) is 24.4 Å². The van der Waals surface area contributed by atoms with E-state index in [2.05, 4.69) is 33.4 Å². The number of hydrogen-bond donors (Lipinski definition) is 2. The van der Waals surface area contributed by atoms with Crippen LogP contribution in [0.4, 0.5) is 4.39 Å². The Hall–Kier alpha value is -0.710. The van der Waals surface area contributed by atoms with E-state index < -0.39 is 0 Å². The maximum atomic E-state index is 13.0. The molecule has 0 fully saturated rings. The van der Waals surface area contributed by atoms with E-state index in [4.69, 9.17) is 5.73 Å². The zero-order valence-corrected chi connectivity index (χ0v) is 11.1. The average molecular weight is 299 g/mol. The van der Waals surface area contributed by atoms with Gasteiger partial charge in [-0.15, -0.1) is 0 Å². The first kappa shape index (κ1) is 12.7.